The summed E-state index contributed by atoms with van der Waals surface area (Å²) in [7, 11) is 0. The molecule has 0 aromatic heterocycles. The molecule has 0 saturated carbocycles. The molecule has 4 N–H and O–H groups in total. The van der Waals surface area contributed by atoms with Crippen molar-refractivity contribution in [3.63, 3.8) is 0 Å². The SMILES string of the molecule is CC(C)(C)OC(=O)CC[C@H](NC(=O)C[C@H](NC(=O)CN/C=C(/CCCF)N=N)C(=O)OC(C)(C)C)C(=O)OC(C)(C)C. The van der Waals surface area contributed by atoms with Crippen molar-refractivity contribution in [2.45, 2.75) is 123 Å². The molecule has 0 fully saturated rings. The molecule has 0 heterocycles. The number of rotatable bonds is 16. The molecule has 0 radical (unpaired) electrons. The molecule has 0 aliphatic rings. The molecule has 0 unspecified atom stereocenters. The number of ether oxygens (including phenoxy) is 3. The standard InChI is InChI=1S/C28H48FN5O8/c1-26(2,3)40-23(37)13-12-19(24(38)41-27(4,5)6)32-21(35)15-20(25(39)42-28(7,8)9)33-22(36)17-31-16-18(34-30)11-10-14-29/h16,19-20,30-31H,10-15,17H2,1-9H3,(H,32,35)(H,33,36)/b18-16-,34-30?/t19-,20-/m0/s1. The van der Waals surface area contributed by atoms with Crippen LogP contribution in [0.5, 0.6) is 0 Å². The molecule has 13 nitrogen and oxygen atoms in total. The van der Waals surface area contributed by atoms with Crippen molar-refractivity contribution in [3.8, 4) is 0 Å². The Morgan fingerprint density at radius 2 is 1.29 bits per heavy atom. The van der Waals surface area contributed by atoms with E-state index < -0.39 is 71.7 Å². The Morgan fingerprint density at radius 1 is 0.786 bits per heavy atom. The lowest BCUT2D eigenvalue weighted by atomic mass is 10.1. The Labute approximate surface area is 247 Å². The first-order valence-electron chi connectivity index (χ1n) is 13.8. The predicted molar refractivity (Wildman–Crippen MR) is 152 cm³/mol. The largest absolute Gasteiger partial charge is 0.460 e. The Bertz CT molecular complexity index is 980. The van der Waals surface area contributed by atoms with Gasteiger partial charge >= 0.3 is 17.9 Å². The Morgan fingerprint density at radius 3 is 1.76 bits per heavy atom. The Kier molecular flexibility index (Phi) is 15.9. The highest BCUT2D eigenvalue weighted by atomic mass is 19.1. The monoisotopic (exact) mass is 601 g/mol. The number of amides is 2. The molecule has 2 amide bonds. The van der Waals surface area contributed by atoms with Gasteiger partial charge in [-0.3, -0.25) is 18.8 Å². The van der Waals surface area contributed by atoms with Crippen molar-refractivity contribution in [1.29, 1.82) is 5.53 Å². The quantitative estimate of drug-likeness (QED) is 0.117. The van der Waals surface area contributed by atoms with Crippen LogP contribution in [0.3, 0.4) is 0 Å². The molecule has 0 saturated heterocycles. The van der Waals surface area contributed by atoms with E-state index in [1.807, 2.05) is 0 Å². The molecule has 2 atom stereocenters. The molecule has 14 heteroatoms. The van der Waals surface area contributed by atoms with Crippen LogP contribution in [0, 0.1) is 5.53 Å². The number of hydrogen-bond acceptors (Lipinski definition) is 11. The van der Waals surface area contributed by atoms with E-state index in [0.29, 0.717) is 0 Å². The molecular weight excluding hydrogens is 553 g/mol. The van der Waals surface area contributed by atoms with Crippen LogP contribution in [0.25, 0.3) is 0 Å². The molecule has 0 spiro atoms. The summed E-state index contributed by atoms with van der Waals surface area (Å²) < 4.78 is 28.4. The maximum absolute atomic E-state index is 13.0. The number of esters is 3. The first kappa shape index (κ1) is 38.4. The van der Waals surface area contributed by atoms with Gasteiger partial charge in [-0.2, -0.15) is 5.11 Å². The lowest BCUT2D eigenvalue weighted by molar-refractivity contribution is -0.160. The van der Waals surface area contributed by atoms with Gasteiger partial charge in [0.15, 0.2) is 0 Å². The Balaban J connectivity index is 5.64. The lowest BCUT2D eigenvalue weighted by Crippen LogP contribution is -2.51. The fraction of sp³-hybridized carbons (Fsp3) is 0.750. The third-order valence-corrected chi connectivity index (χ3v) is 4.74. The molecule has 0 aromatic carbocycles. The number of nitrogens with one attached hydrogen (secondary N) is 4. The van der Waals surface area contributed by atoms with Crippen LogP contribution in [0.2, 0.25) is 0 Å². The smallest absolute Gasteiger partial charge is 0.329 e. The highest BCUT2D eigenvalue weighted by Crippen LogP contribution is 2.15. The number of carbonyl (C=O) groups is 5. The van der Waals surface area contributed by atoms with Crippen LogP contribution in [-0.4, -0.2) is 71.8 Å². The molecule has 42 heavy (non-hydrogen) atoms. The summed E-state index contributed by atoms with van der Waals surface area (Å²) in [5, 5.41) is 10.8. The van der Waals surface area contributed by atoms with Gasteiger partial charge in [0.25, 0.3) is 0 Å². The summed E-state index contributed by atoms with van der Waals surface area (Å²) in [6.07, 6.45) is 0.757. The zero-order valence-electron chi connectivity index (χ0n) is 26.3. The number of halogens is 1. The Hall–Kier alpha value is -3.58. The number of carbonyl (C=O) groups excluding carboxylic acids is 5. The molecule has 0 aliphatic carbocycles. The van der Waals surface area contributed by atoms with Crippen molar-refractivity contribution in [2.24, 2.45) is 5.11 Å². The van der Waals surface area contributed by atoms with Crippen molar-refractivity contribution in [3.05, 3.63) is 11.9 Å². The van der Waals surface area contributed by atoms with E-state index >= 15 is 0 Å². The molecule has 0 rings (SSSR count). The number of allylic oxidation sites excluding steroid dienone is 1. The van der Waals surface area contributed by atoms with Crippen molar-refractivity contribution in [1.82, 2.24) is 16.0 Å². The van der Waals surface area contributed by atoms with E-state index in [2.05, 4.69) is 21.1 Å². The molecular formula is C28H48FN5O8. The fourth-order valence-corrected chi connectivity index (χ4v) is 3.20. The van der Waals surface area contributed by atoms with Gasteiger partial charge in [-0.1, -0.05) is 0 Å². The molecule has 0 bridgehead atoms. The lowest BCUT2D eigenvalue weighted by Gasteiger charge is -2.26. The zero-order valence-corrected chi connectivity index (χ0v) is 26.3. The molecule has 240 valence electrons. The van der Waals surface area contributed by atoms with E-state index in [0.717, 1.165) is 0 Å². The predicted octanol–water partition coefficient (Wildman–Crippen LogP) is 3.36. The summed E-state index contributed by atoms with van der Waals surface area (Å²) in [4.78, 5) is 63.5. The van der Waals surface area contributed by atoms with Gasteiger partial charge in [-0.05, 0) is 81.6 Å². The maximum atomic E-state index is 13.0. The van der Waals surface area contributed by atoms with E-state index in [4.69, 9.17) is 19.7 Å². The van der Waals surface area contributed by atoms with E-state index in [9.17, 15) is 28.4 Å². The topological polar surface area (TPSA) is 185 Å². The van der Waals surface area contributed by atoms with Gasteiger partial charge in [-0.25, -0.2) is 15.1 Å². The third-order valence-electron chi connectivity index (χ3n) is 4.74. The second kappa shape index (κ2) is 17.4. The van der Waals surface area contributed by atoms with Crippen LogP contribution in [0.15, 0.2) is 17.0 Å². The van der Waals surface area contributed by atoms with Crippen molar-refractivity contribution in [2.75, 3.05) is 13.2 Å². The van der Waals surface area contributed by atoms with Gasteiger partial charge in [-0.15, -0.1) is 0 Å². The molecule has 0 aliphatic heterocycles. The van der Waals surface area contributed by atoms with Crippen molar-refractivity contribution >= 4 is 29.7 Å². The molecule has 0 aromatic rings. The minimum atomic E-state index is -1.42. The fourth-order valence-electron chi connectivity index (χ4n) is 3.20. The highest BCUT2D eigenvalue weighted by Gasteiger charge is 2.32. The average Bonchev–Trinajstić information content (AvgIpc) is 2.80. The normalized spacial score (nSPS) is 13.7. The van der Waals surface area contributed by atoms with Crippen LogP contribution in [0.1, 0.15) is 94.4 Å². The number of alkyl halides is 1. The average molecular weight is 602 g/mol. The minimum Gasteiger partial charge on any atom is -0.460 e. The van der Waals surface area contributed by atoms with Gasteiger partial charge in [0.2, 0.25) is 11.8 Å². The maximum Gasteiger partial charge on any atom is 0.329 e. The van der Waals surface area contributed by atoms with Crippen LogP contribution >= 0.6 is 0 Å². The summed E-state index contributed by atoms with van der Waals surface area (Å²) in [5.41, 5.74) is 4.79. The summed E-state index contributed by atoms with van der Waals surface area (Å²) in [5.74, 6) is -3.69. The summed E-state index contributed by atoms with van der Waals surface area (Å²) in [6, 6.07) is -2.65. The van der Waals surface area contributed by atoms with Crippen LogP contribution in [-0.2, 0) is 38.2 Å². The third kappa shape index (κ3) is 19.5. The first-order chi connectivity index (χ1) is 19.2. The highest BCUT2D eigenvalue weighted by molar-refractivity contribution is 5.91. The van der Waals surface area contributed by atoms with Crippen LogP contribution < -0.4 is 16.0 Å². The minimum absolute atomic E-state index is 0.124. The van der Waals surface area contributed by atoms with Crippen molar-refractivity contribution < 1.29 is 42.6 Å². The van der Waals surface area contributed by atoms with Gasteiger partial charge < -0.3 is 30.2 Å². The van der Waals surface area contributed by atoms with E-state index in [1.165, 1.54) is 6.20 Å². The summed E-state index contributed by atoms with van der Waals surface area (Å²) >= 11 is 0. The van der Waals surface area contributed by atoms with Gasteiger partial charge in [0, 0.05) is 12.6 Å². The van der Waals surface area contributed by atoms with Crippen LogP contribution in [0.4, 0.5) is 4.39 Å². The van der Waals surface area contributed by atoms with E-state index in [-0.39, 0.29) is 37.9 Å². The van der Waals surface area contributed by atoms with E-state index in [1.54, 1.807) is 62.3 Å². The zero-order chi connectivity index (χ0) is 32.7. The number of nitrogens with zero attached hydrogens (tertiary/aromatic N) is 1. The second-order valence-electron chi connectivity index (χ2n) is 12.6. The van der Waals surface area contributed by atoms with Gasteiger partial charge in [0.1, 0.15) is 28.9 Å². The summed E-state index contributed by atoms with van der Waals surface area (Å²) in [6.45, 7) is 14.0. The second-order valence-corrected chi connectivity index (χ2v) is 12.6. The van der Waals surface area contributed by atoms with Gasteiger partial charge in [0.05, 0.1) is 25.3 Å². The number of hydrogen-bond donors (Lipinski definition) is 4. The first-order valence-corrected chi connectivity index (χ1v) is 13.8.